The highest BCUT2D eigenvalue weighted by Crippen LogP contribution is 2.53. The zero-order valence-electron chi connectivity index (χ0n) is 21.2. The number of aromatic amines is 1. The molecule has 0 radical (unpaired) electrons. The van der Waals surface area contributed by atoms with Crippen LogP contribution in [0, 0.1) is 5.41 Å². The molecular formula is C29H26Cl2N6O2. The van der Waals surface area contributed by atoms with Gasteiger partial charge in [0.2, 0.25) is 0 Å². The van der Waals surface area contributed by atoms with E-state index in [0.29, 0.717) is 32.4 Å². The molecule has 0 amide bonds. The molecule has 198 valence electrons. The van der Waals surface area contributed by atoms with Crippen LogP contribution in [0.1, 0.15) is 12.8 Å². The van der Waals surface area contributed by atoms with Crippen LogP contribution in [0.15, 0.2) is 65.8 Å². The van der Waals surface area contributed by atoms with Gasteiger partial charge in [-0.15, -0.1) is 0 Å². The zero-order valence-corrected chi connectivity index (χ0v) is 22.7. The Hall–Kier alpha value is -3.72. The fraction of sp³-hybridized carbons (Fsp3) is 0.241. The van der Waals surface area contributed by atoms with Crippen LogP contribution in [0.5, 0.6) is 5.75 Å². The molecule has 10 heteroatoms. The average molecular weight is 561 g/mol. The largest absolute Gasteiger partial charge is 0.507 e. The molecule has 3 aromatic carbocycles. The minimum absolute atomic E-state index is 0.0849. The normalized spacial score (nSPS) is 17.9. The number of phenols is 1. The highest BCUT2D eigenvalue weighted by atomic mass is 35.5. The highest BCUT2D eigenvalue weighted by Gasteiger charge is 2.53. The van der Waals surface area contributed by atoms with Gasteiger partial charge in [0.1, 0.15) is 5.75 Å². The number of anilines is 1. The van der Waals surface area contributed by atoms with Crippen LogP contribution in [0.3, 0.4) is 0 Å². The number of aryl methyl sites for hydroxylation is 1. The van der Waals surface area contributed by atoms with Gasteiger partial charge in [-0.05, 0) is 60.4 Å². The highest BCUT2D eigenvalue weighted by molar-refractivity contribution is 6.33. The number of nitrogens with zero attached hydrogens (tertiary/aromatic N) is 4. The molecule has 1 aliphatic heterocycles. The summed E-state index contributed by atoms with van der Waals surface area (Å²) in [4.78, 5) is 14.8. The molecule has 7 rings (SSSR count). The molecular weight excluding hydrogens is 535 g/mol. The van der Waals surface area contributed by atoms with Gasteiger partial charge in [0.05, 0.1) is 22.4 Å². The number of fused-ring (bicyclic) bond motifs is 1. The smallest absolute Gasteiger partial charge is 0.332 e. The van der Waals surface area contributed by atoms with Gasteiger partial charge in [-0.1, -0.05) is 29.3 Å². The summed E-state index contributed by atoms with van der Waals surface area (Å²) in [5.41, 5.74) is 11.6. The fourth-order valence-electron chi connectivity index (χ4n) is 5.87. The van der Waals surface area contributed by atoms with Crippen LogP contribution >= 0.6 is 23.2 Å². The van der Waals surface area contributed by atoms with Crippen molar-refractivity contribution >= 4 is 39.8 Å². The van der Waals surface area contributed by atoms with Crippen molar-refractivity contribution in [2.75, 3.05) is 18.0 Å². The van der Waals surface area contributed by atoms with Gasteiger partial charge in [-0.25, -0.2) is 4.79 Å². The monoisotopic (exact) mass is 560 g/mol. The number of benzene rings is 3. The lowest BCUT2D eigenvalue weighted by Crippen LogP contribution is -2.30. The van der Waals surface area contributed by atoms with Gasteiger partial charge < -0.3 is 20.3 Å². The summed E-state index contributed by atoms with van der Waals surface area (Å²) in [6.45, 7) is 1.70. The van der Waals surface area contributed by atoms with Crippen molar-refractivity contribution in [1.82, 2.24) is 19.3 Å². The third kappa shape index (κ3) is 3.85. The lowest BCUT2D eigenvalue weighted by Gasteiger charge is -2.21. The van der Waals surface area contributed by atoms with Crippen molar-refractivity contribution in [3.05, 3.63) is 81.6 Å². The Labute approximate surface area is 234 Å². The van der Waals surface area contributed by atoms with E-state index in [1.54, 1.807) is 43.7 Å². The topological polar surface area (TPSA) is 105 Å². The van der Waals surface area contributed by atoms with E-state index in [4.69, 9.17) is 28.9 Å². The van der Waals surface area contributed by atoms with Crippen LogP contribution in [0.4, 0.5) is 5.69 Å². The first-order valence-corrected chi connectivity index (χ1v) is 13.5. The summed E-state index contributed by atoms with van der Waals surface area (Å²) in [5.74, 6) is 0.0849. The van der Waals surface area contributed by atoms with Gasteiger partial charge in [0.15, 0.2) is 0 Å². The van der Waals surface area contributed by atoms with E-state index in [1.165, 1.54) is 9.13 Å². The minimum Gasteiger partial charge on any atom is -0.507 e. The Balaban J connectivity index is 1.33. The Morgan fingerprint density at radius 2 is 1.82 bits per heavy atom. The number of nitrogens with one attached hydrogen (secondary N) is 1. The second-order valence-electron chi connectivity index (χ2n) is 10.8. The Bertz CT molecular complexity index is 1830. The van der Waals surface area contributed by atoms with Crippen LogP contribution in [0.25, 0.3) is 38.8 Å². The third-order valence-corrected chi connectivity index (χ3v) is 8.85. The quantitative estimate of drug-likeness (QED) is 0.275. The first kappa shape index (κ1) is 24.3. The number of hydrogen-bond donors (Lipinski definition) is 3. The molecule has 4 N–H and O–H groups in total. The Morgan fingerprint density at radius 1 is 1.05 bits per heavy atom. The molecule has 5 aromatic rings. The number of halogens is 2. The number of imidazole rings is 1. The van der Waals surface area contributed by atoms with Crippen molar-refractivity contribution in [3.63, 3.8) is 0 Å². The van der Waals surface area contributed by atoms with E-state index < -0.39 is 0 Å². The summed E-state index contributed by atoms with van der Waals surface area (Å²) in [5, 5.41) is 20.8. The number of phenolic OH excluding ortho intramolecular Hbond substituents is 1. The minimum atomic E-state index is -0.200. The van der Waals surface area contributed by atoms with E-state index in [0.717, 1.165) is 48.1 Å². The SMILES string of the molecule is Cn1ccn(-c2ccc(-c3cc(Cl)cc(-c4cc(N5C[C@@H](N)C6(CC6)C5)c5cn[nH]c5c4)c3O)cc2Cl)c1=O. The molecule has 2 aliphatic rings. The molecule has 1 atom stereocenters. The molecule has 0 bridgehead atoms. The molecule has 0 unspecified atom stereocenters. The zero-order chi connectivity index (χ0) is 27.1. The molecule has 1 saturated heterocycles. The van der Waals surface area contributed by atoms with Gasteiger partial charge in [-0.2, -0.15) is 5.10 Å². The number of H-pyrrole nitrogens is 1. The predicted octanol–water partition coefficient (Wildman–Crippen LogP) is 5.33. The molecule has 1 spiro atoms. The van der Waals surface area contributed by atoms with Crippen LogP contribution in [-0.2, 0) is 7.05 Å². The number of aromatic hydroxyl groups is 1. The van der Waals surface area contributed by atoms with E-state index in [-0.39, 0.29) is 22.9 Å². The van der Waals surface area contributed by atoms with Crippen molar-refractivity contribution in [2.45, 2.75) is 18.9 Å². The van der Waals surface area contributed by atoms with Gasteiger partial charge in [-0.3, -0.25) is 9.67 Å². The summed E-state index contributed by atoms with van der Waals surface area (Å²) in [7, 11) is 1.68. The standard InChI is InChI=1S/C29H26Cl2N6O2/c1-35-6-7-37(28(35)39)24-3-2-16(8-22(24)31)19-11-18(30)12-20(27(19)38)17-9-23-21(13-33-34-23)25(10-17)36-14-26(32)29(15-36)4-5-29/h2-3,6-13,26,38H,4-5,14-15,32H2,1H3,(H,33,34)/t26-/m1/s1. The maximum absolute atomic E-state index is 12.4. The molecule has 1 aliphatic carbocycles. The summed E-state index contributed by atoms with van der Waals surface area (Å²) >= 11 is 13.2. The second kappa shape index (κ2) is 8.64. The molecule has 8 nitrogen and oxygen atoms in total. The fourth-order valence-corrected chi connectivity index (χ4v) is 6.36. The predicted molar refractivity (Wildman–Crippen MR) is 155 cm³/mol. The molecule has 1 saturated carbocycles. The maximum atomic E-state index is 12.4. The number of rotatable bonds is 4. The molecule has 3 heterocycles. The summed E-state index contributed by atoms with van der Waals surface area (Å²) in [6.07, 6.45) is 7.50. The molecule has 2 aromatic heterocycles. The summed E-state index contributed by atoms with van der Waals surface area (Å²) in [6, 6.07) is 13.0. The molecule has 2 fully saturated rings. The third-order valence-electron chi connectivity index (χ3n) is 8.33. The maximum Gasteiger partial charge on any atom is 0.332 e. The second-order valence-corrected chi connectivity index (χ2v) is 11.6. The number of hydrogen-bond acceptors (Lipinski definition) is 5. The van der Waals surface area contributed by atoms with Gasteiger partial charge in [0, 0.05) is 71.2 Å². The van der Waals surface area contributed by atoms with Gasteiger partial charge >= 0.3 is 5.69 Å². The van der Waals surface area contributed by atoms with Gasteiger partial charge in [0.25, 0.3) is 0 Å². The van der Waals surface area contributed by atoms with Crippen LogP contribution in [0.2, 0.25) is 10.0 Å². The lowest BCUT2D eigenvalue weighted by atomic mass is 9.96. The summed E-state index contributed by atoms with van der Waals surface area (Å²) < 4.78 is 2.96. The van der Waals surface area contributed by atoms with Crippen LogP contribution < -0.4 is 16.3 Å². The van der Waals surface area contributed by atoms with Crippen molar-refractivity contribution in [1.29, 1.82) is 0 Å². The lowest BCUT2D eigenvalue weighted by molar-refractivity contribution is 0.479. The van der Waals surface area contributed by atoms with E-state index in [9.17, 15) is 9.90 Å². The van der Waals surface area contributed by atoms with Crippen molar-refractivity contribution < 1.29 is 5.11 Å². The average Bonchev–Trinajstić information content (AvgIpc) is 3.23. The first-order valence-electron chi connectivity index (χ1n) is 12.8. The Morgan fingerprint density at radius 3 is 2.49 bits per heavy atom. The van der Waals surface area contributed by atoms with E-state index in [2.05, 4.69) is 21.2 Å². The van der Waals surface area contributed by atoms with Crippen molar-refractivity contribution in [2.24, 2.45) is 18.2 Å². The van der Waals surface area contributed by atoms with E-state index >= 15 is 0 Å². The van der Waals surface area contributed by atoms with Crippen molar-refractivity contribution in [3.8, 4) is 33.7 Å². The first-order chi connectivity index (χ1) is 18.7. The number of aromatic nitrogens is 4. The van der Waals surface area contributed by atoms with E-state index in [1.807, 2.05) is 18.3 Å². The molecule has 39 heavy (non-hydrogen) atoms. The number of nitrogens with two attached hydrogens (primary N) is 1. The van der Waals surface area contributed by atoms with Crippen LogP contribution in [-0.4, -0.2) is 43.6 Å². The Kier molecular flexibility index (Phi) is 5.39.